The zero-order valence-electron chi connectivity index (χ0n) is 8.68. The van der Waals surface area contributed by atoms with Crippen LogP contribution in [0.15, 0.2) is 0 Å². The Morgan fingerprint density at radius 2 is 2.19 bits per heavy atom. The number of alkyl halides is 3. The lowest BCUT2D eigenvalue weighted by molar-refractivity contribution is -0.150. The molecule has 2 saturated heterocycles. The van der Waals surface area contributed by atoms with Crippen LogP contribution in [0.25, 0.3) is 0 Å². The molecule has 0 N–H and O–H groups in total. The molecule has 0 radical (unpaired) electrons. The summed E-state index contributed by atoms with van der Waals surface area (Å²) in [5.74, 6) is -1.91. The second-order valence-electron chi connectivity index (χ2n) is 4.39. The number of carbonyl (C=O) groups excluding carboxylic acids is 1. The van der Waals surface area contributed by atoms with Crippen molar-refractivity contribution in [3.8, 4) is 0 Å². The summed E-state index contributed by atoms with van der Waals surface area (Å²) in [6, 6.07) is 0. The number of ketones is 1. The first kappa shape index (κ1) is 12.2. The van der Waals surface area contributed by atoms with Crippen LogP contribution in [0.1, 0.15) is 19.3 Å². The van der Waals surface area contributed by atoms with Gasteiger partial charge in [-0.1, -0.05) is 0 Å². The van der Waals surface area contributed by atoms with E-state index in [1.807, 2.05) is 0 Å². The molecule has 2 fully saturated rings. The lowest BCUT2D eigenvalue weighted by atomic mass is 9.83. The number of ether oxygens (including phenoxy) is 2. The first-order chi connectivity index (χ1) is 7.43. The van der Waals surface area contributed by atoms with Gasteiger partial charge in [0.2, 0.25) is 5.78 Å². The Labute approximate surface area is 97.0 Å². The predicted octanol–water partition coefficient (Wildman–Crippen LogP) is 1.97. The molecule has 3 nitrogen and oxygen atoms in total. The van der Waals surface area contributed by atoms with Gasteiger partial charge >= 0.3 is 5.38 Å². The predicted molar refractivity (Wildman–Crippen MR) is 52.7 cm³/mol. The fourth-order valence-corrected chi connectivity index (χ4v) is 2.50. The van der Waals surface area contributed by atoms with Gasteiger partial charge in [0.1, 0.15) is 0 Å². The summed E-state index contributed by atoms with van der Waals surface area (Å²) < 4.78 is 36.2. The first-order valence-corrected chi connectivity index (χ1v) is 5.64. The Balaban J connectivity index is 2.04. The SMILES string of the molecule is O=C(C1CCOC2(CCOC2)C1)C(F)(F)Cl. The molecule has 2 heterocycles. The maximum atomic E-state index is 12.7. The van der Waals surface area contributed by atoms with E-state index in [9.17, 15) is 13.6 Å². The summed E-state index contributed by atoms with van der Waals surface area (Å²) in [6.45, 7) is 1.25. The lowest BCUT2D eigenvalue weighted by Crippen LogP contribution is -2.45. The van der Waals surface area contributed by atoms with Crippen molar-refractivity contribution in [1.29, 1.82) is 0 Å². The second kappa shape index (κ2) is 4.20. The Bertz CT molecular complexity index is 284. The third kappa shape index (κ3) is 2.36. The summed E-state index contributed by atoms with van der Waals surface area (Å²) >= 11 is 4.76. The van der Waals surface area contributed by atoms with Gasteiger partial charge in [-0.2, -0.15) is 8.78 Å². The molecular formula is C10H13ClF2O3. The minimum absolute atomic E-state index is 0.286. The Hall–Kier alpha value is -0.260. The van der Waals surface area contributed by atoms with E-state index >= 15 is 0 Å². The molecule has 2 aliphatic heterocycles. The van der Waals surface area contributed by atoms with Crippen LogP contribution in [0.2, 0.25) is 0 Å². The molecule has 0 saturated carbocycles. The van der Waals surface area contributed by atoms with Gasteiger partial charge in [0.15, 0.2) is 0 Å². The van der Waals surface area contributed by atoms with Gasteiger partial charge < -0.3 is 9.47 Å². The van der Waals surface area contributed by atoms with Crippen molar-refractivity contribution < 1.29 is 23.0 Å². The van der Waals surface area contributed by atoms with Gasteiger partial charge in [-0.05, 0) is 24.4 Å². The number of halogens is 3. The van der Waals surface area contributed by atoms with Crippen molar-refractivity contribution in [1.82, 2.24) is 0 Å². The molecule has 0 bridgehead atoms. The number of rotatable bonds is 2. The van der Waals surface area contributed by atoms with Crippen LogP contribution in [-0.4, -0.2) is 36.6 Å². The van der Waals surface area contributed by atoms with Crippen molar-refractivity contribution in [2.24, 2.45) is 5.92 Å². The van der Waals surface area contributed by atoms with Gasteiger partial charge in [-0.15, -0.1) is 0 Å². The van der Waals surface area contributed by atoms with Crippen LogP contribution in [0.4, 0.5) is 8.78 Å². The average molecular weight is 255 g/mol. The maximum absolute atomic E-state index is 12.7. The summed E-state index contributed by atoms with van der Waals surface area (Å²) in [5, 5.41) is -3.76. The topological polar surface area (TPSA) is 35.5 Å². The molecular weight excluding hydrogens is 242 g/mol. The fourth-order valence-electron chi connectivity index (χ4n) is 2.35. The number of hydrogen-bond donors (Lipinski definition) is 0. The van der Waals surface area contributed by atoms with E-state index in [1.165, 1.54) is 0 Å². The highest BCUT2D eigenvalue weighted by atomic mass is 35.5. The van der Waals surface area contributed by atoms with E-state index in [1.54, 1.807) is 0 Å². The largest absolute Gasteiger partial charge is 0.380 e. The van der Waals surface area contributed by atoms with Crippen LogP contribution in [0.3, 0.4) is 0 Å². The molecule has 0 aliphatic carbocycles. The molecule has 0 aromatic rings. The molecule has 0 aromatic heterocycles. The maximum Gasteiger partial charge on any atom is 0.380 e. The van der Waals surface area contributed by atoms with E-state index in [0.29, 0.717) is 32.7 Å². The molecule has 92 valence electrons. The normalized spacial score (nSPS) is 35.6. The number of carbonyl (C=O) groups is 1. The lowest BCUT2D eigenvalue weighted by Gasteiger charge is -2.36. The van der Waals surface area contributed by atoms with Crippen LogP contribution < -0.4 is 0 Å². The highest BCUT2D eigenvalue weighted by Crippen LogP contribution is 2.39. The minimum atomic E-state index is -3.76. The fraction of sp³-hybridized carbons (Fsp3) is 0.900. The summed E-state index contributed by atoms with van der Waals surface area (Å²) in [6.07, 6.45) is 1.25. The quantitative estimate of drug-likeness (QED) is 0.707. The van der Waals surface area contributed by atoms with E-state index in [0.717, 1.165) is 0 Å². The molecule has 16 heavy (non-hydrogen) atoms. The Kier molecular flexibility index (Phi) is 3.20. The van der Waals surface area contributed by atoms with Crippen molar-refractivity contribution in [3.05, 3.63) is 0 Å². The van der Waals surface area contributed by atoms with Gasteiger partial charge in [-0.25, -0.2) is 0 Å². The smallest absolute Gasteiger partial charge is 0.378 e. The second-order valence-corrected chi connectivity index (χ2v) is 4.86. The van der Waals surface area contributed by atoms with Crippen molar-refractivity contribution in [3.63, 3.8) is 0 Å². The highest BCUT2D eigenvalue weighted by molar-refractivity contribution is 6.32. The van der Waals surface area contributed by atoms with Crippen LogP contribution in [-0.2, 0) is 14.3 Å². The van der Waals surface area contributed by atoms with E-state index < -0.39 is 22.7 Å². The van der Waals surface area contributed by atoms with E-state index in [4.69, 9.17) is 21.1 Å². The monoisotopic (exact) mass is 254 g/mol. The molecule has 0 aromatic carbocycles. The average Bonchev–Trinajstić information content (AvgIpc) is 2.64. The summed E-state index contributed by atoms with van der Waals surface area (Å²) in [4.78, 5) is 11.4. The van der Waals surface area contributed by atoms with Crippen LogP contribution >= 0.6 is 11.6 Å². The first-order valence-electron chi connectivity index (χ1n) is 5.26. The zero-order chi connectivity index (χ0) is 11.8. The third-order valence-corrected chi connectivity index (χ3v) is 3.40. The molecule has 2 rings (SSSR count). The third-order valence-electron chi connectivity index (χ3n) is 3.21. The van der Waals surface area contributed by atoms with Crippen molar-refractivity contribution in [2.45, 2.75) is 30.2 Å². The van der Waals surface area contributed by atoms with Gasteiger partial charge in [0, 0.05) is 25.6 Å². The number of hydrogen-bond acceptors (Lipinski definition) is 3. The Morgan fingerprint density at radius 3 is 2.75 bits per heavy atom. The summed E-state index contributed by atoms with van der Waals surface area (Å²) in [5.41, 5.74) is -0.541. The van der Waals surface area contributed by atoms with Crippen molar-refractivity contribution >= 4 is 17.4 Å². The Morgan fingerprint density at radius 1 is 1.44 bits per heavy atom. The van der Waals surface area contributed by atoms with Gasteiger partial charge in [-0.3, -0.25) is 4.79 Å². The molecule has 6 heteroatoms. The van der Waals surface area contributed by atoms with Gasteiger partial charge in [0.25, 0.3) is 0 Å². The van der Waals surface area contributed by atoms with E-state index in [-0.39, 0.29) is 6.42 Å². The summed E-state index contributed by atoms with van der Waals surface area (Å²) in [7, 11) is 0. The zero-order valence-corrected chi connectivity index (χ0v) is 9.43. The van der Waals surface area contributed by atoms with Gasteiger partial charge in [0.05, 0.1) is 12.2 Å². The molecule has 2 aliphatic rings. The highest BCUT2D eigenvalue weighted by Gasteiger charge is 2.48. The number of Topliss-reactive ketones (excluding diaryl/α,β-unsaturated/α-hetero) is 1. The van der Waals surface area contributed by atoms with Crippen LogP contribution in [0, 0.1) is 5.92 Å². The minimum Gasteiger partial charge on any atom is -0.378 e. The molecule has 0 amide bonds. The molecule has 1 spiro atoms. The molecule has 2 unspecified atom stereocenters. The van der Waals surface area contributed by atoms with Crippen LogP contribution in [0.5, 0.6) is 0 Å². The standard InChI is InChI=1S/C10H13ClF2O3/c11-10(12,13)8(14)7-1-3-16-9(5-7)2-4-15-6-9/h7H,1-6H2. The molecule has 2 atom stereocenters. The van der Waals surface area contributed by atoms with E-state index in [2.05, 4.69) is 0 Å². The van der Waals surface area contributed by atoms with Crippen molar-refractivity contribution in [2.75, 3.05) is 19.8 Å².